The van der Waals surface area contributed by atoms with Gasteiger partial charge >= 0.3 is 19.7 Å². The molecule has 1 unspecified atom stereocenters. The van der Waals surface area contributed by atoms with Crippen LogP contribution in [0, 0.1) is 17.3 Å². The highest BCUT2D eigenvalue weighted by Crippen LogP contribution is 2.56. The lowest BCUT2D eigenvalue weighted by Crippen LogP contribution is -2.38. The van der Waals surface area contributed by atoms with Gasteiger partial charge in [-0.05, 0) is 55.7 Å². The summed E-state index contributed by atoms with van der Waals surface area (Å²) in [6.45, 7) is 9.18. The number of nitrogens with zero attached hydrogens (tertiary/aromatic N) is 3. The molecule has 4 atom stereocenters. The standard InChI is InChI=1S/C33H48N7O8P/c1-6-11-23(12-7-2)17-45-30(42)22(5)39-49(44,48-25-13-9-8-10-14-25)47-19-33(18-46-31(43)26(34)21(3)4)15-24(33)16-40-20-36-27-28(40)37-32(35)38-29(27)41/h8-10,13-14,16,20-23,26H,6-7,11-12,15,17-19,34H2,1-5H3,(H,39,44)(H3,35,37,38,41)/b24-16-/t22-,26+,33-,49?/m0/s1. The first-order valence-electron chi connectivity index (χ1n) is 16.6. The second kappa shape index (κ2) is 16.6. The molecule has 268 valence electrons. The normalized spacial score (nSPS) is 19.1. The van der Waals surface area contributed by atoms with Crippen LogP contribution in [0.2, 0.25) is 0 Å². The molecule has 2 aromatic heterocycles. The highest BCUT2D eigenvalue weighted by molar-refractivity contribution is 7.52. The first-order chi connectivity index (χ1) is 23.3. The zero-order valence-electron chi connectivity index (χ0n) is 28.7. The topological polar surface area (TPSA) is 216 Å². The van der Waals surface area contributed by atoms with E-state index in [1.54, 1.807) is 50.4 Å². The van der Waals surface area contributed by atoms with Gasteiger partial charge in [0.05, 0.1) is 18.6 Å². The average Bonchev–Trinajstić information content (AvgIpc) is 3.59. The van der Waals surface area contributed by atoms with E-state index in [0.717, 1.165) is 31.3 Å². The van der Waals surface area contributed by atoms with E-state index >= 15 is 0 Å². The third-order valence-electron chi connectivity index (χ3n) is 8.35. The molecule has 6 N–H and O–H groups in total. The van der Waals surface area contributed by atoms with Crippen molar-refractivity contribution in [3.63, 3.8) is 0 Å². The van der Waals surface area contributed by atoms with Crippen LogP contribution in [0.15, 0.2) is 47.0 Å². The van der Waals surface area contributed by atoms with Crippen molar-refractivity contribution in [1.82, 2.24) is 24.6 Å². The molecule has 1 aliphatic rings. The summed E-state index contributed by atoms with van der Waals surface area (Å²) in [5, 5.41) is 2.74. The van der Waals surface area contributed by atoms with Gasteiger partial charge in [0, 0.05) is 6.20 Å². The van der Waals surface area contributed by atoms with Crippen molar-refractivity contribution in [1.29, 1.82) is 0 Å². The SMILES string of the molecule is CCCC(CCC)COC(=O)[C@H](C)NP(=O)(OC[C@@]1(COC(=O)[C@H](N)C(C)C)C/C1=C/n1cnc2c(=O)[nH]c(N)nc21)Oc1ccccc1. The van der Waals surface area contributed by atoms with E-state index in [4.69, 9.17) is 30.0 Å². The van der Waals surface area contributed by atoms with Crippen LogP contribution in [-0.2, 0) is 28.2 Å². The number of fused-ring (bicyclic) bond motifs is 1. The van der Waals surface area contributed by atoms with Crippen LogP contribution < -0.4 is 26.6 Å². The predicted molar refractivity (Wildman–Crippen MR) is 185 cm³/mol. The smallest absolute Gasteiger partial charge is 0.459 e. The summed E-state index contributed by atoms with van der Waals surface area (Å²) in [5.74, 6) is -0.951. The maximum Gasteiger partial charge on any atom is 0.459 e. The number of hydrogen-bond acceptors (Lipinski definition) is 12. The minimum absolute atomic E-state index is 0.0800. The third-order valence-corrected chi connectivity index (χ3v) is 9.98. The number of aromatic nitrogens is 4. The van der Waals surface area contributed by atoms with Gasteiger partial charge in [0.25, 0.3) is 5.56 Å². The Bertz CT molecular complexity index is 1720. The molecule has 0 spiro atoms. The molecule has 4 rings (SSSR count). The van der Waals surface area contributed by atoms with Crippen LogP contribution >= 0.6 is 7.75 Å². The number of para-hydroxylation sites is 1. The Balaban J connectivity index is 1.58. The molecule has 0 aliphatic heterocycles. The van der Waals surface area contributed by atoms with E-state index < -0.39 is 42.7 Å². The number of ether oxygens (including phenoxy) is 2. The fourth-order valence-electron chi connectivity index (χ4n) is 5.28. The molecule has 2 heterocycles. The van der Waals surface area contributed by atoms with Gasteiger partial charge in [0.15, 0.2) is 11.2 Å². The van der Waals surface area contributed by atoms with Gasteiger partial charge in [-0.15, -0.1) is 0 Å². The summed E-state index contributed by atoms with van der Waals surface area (Å²) in [7, 11) is -4.25. The minimum atomic E-state index is -4.25. The van der Waals surface area contributed by atoms with Crippen molar-refractivity contribution < 1.29 is 32.7 Å². The number of nitrogens with two attached hydrogens (primary N) is 2. The Morgan fingerprint density at radius 3 is 2.45 bits per heavy atom. The Kier molecular flexibility index (Phi) is 12.8. The van der Waals surface area contributed by atoms with Gasteiger partial charge in [-0.3, -0.25) is 28.5 Å². The maximum absolute atomic E-state index is 14.3. The van der Waals surface area contributed by atoms with Gasteiger partial charge in [-0.2, -0.15) is 10.1 Å². The summed E-state index contributed by atoms with van der Waals surface area (Å²) in [4.78, 5) is 48.9. The molecular weight excluding hydrogens is 653 g/mol. The summed E-state index contributed by atoms with van der Waals surface area (Å²) in [6.07, 6.45) is 7.26. The number of esters is 2. The highest BCUT2D eigenvalue weighted by Gasteiger charge is 2.52. The first kappa shape index (κ1) is 37.8. The Morgan fingerprint density at radius 2 is 1.80 bits per heavy atom. The zero-order chi connectivity index (χ0) is 35.8. The van der Waals surface area contributed by atoms with E-state index in [-0.39, 0.29) is 54.5 Å². The molecule has 0 amide bonds. The quantitative estimate of drug-likeness (QED) is 0.101. The number of imidazole rings is 1. The van der Waals surface area contributed by atoms with Crippen LogP contribution in [0.4, 0.5) is 5.95 Å². The van der Waals surface area contributed by atoms with Crippen molar-refractivity contribution in [2.45, 2.75) is 78.8 Å². The molecule has 49 heavy (non-hydrogen) atoms. The van der Waals surface area contributed by atoms with E-state index in [0.29, 0.717) is 6.42 Å². The number of aromatic amines is 1. The van der Waals surface area contributed by atoms with Crippen LogP contribution in [0.5, 0.6) is 5.75 Å². The number of carbonyl (C=O) groups excluding carboxylic acids is 2. The highest BCUT2D eigenvalue weighted by atomic mass is 31.2. The second-order valence-corrected chi connectivity index (χ2v) is 14.6. The molecule has 1 aromatic carbocycles. The number of H-pyrrole nitrogens is 1. The average molecular weight is 702 g/mol. The lowest BCUT2D eigenvalue weighted by atomic mass is 9.99. The van der Waals surface area contributed by atoms with E-state index in [2.05, 4.69) is 33.9 Å². The van der Waals surface area contributed by atoms with Crippen molar-refractivity contribution in [3.8, 4) is 5.75 Å². The summed E-state index contributed by atoms with van der Waals surface area (Å²) in [6, 6.07) is 6.52. The fourth-order valence-corrected chi connectivity index (χ4v) is 6.85. The molecule has 1 fully saturated rings. The first-order valence-corrected chi connectivity index (χ1v) is 18.1. The maximum atomic E-state index is 14.3. The Morgan fingerprint density at radius 1 is 1.10 bits per heavy atom. The largest absolute Gasteiger partial charge is 0.464 e. The fraction of sp³-hybridized carbons (Fsp3) is 0.545. The van der Waals surface area contributed by atoms with Crippen molar-refractivity contribution in [2.24, 2.45) is 23.0 Å². The number of benzene rings is 1. The molecule has 1 aliphatic carbocycles. The monoisotopic (exact) mass is 701 g/mol. The minimum Gasteiger partial charge on any atom is -0.464 e. The number of nitrogens with one attached hydrogen (secondary N) is 2. The summed E-state index contributed by atoms with van der Waals surface area (Å²) >= 11 is 0. The molecule has 15 nitrogen and oxygen atoms in total. The van der Waals surface area contributed by atoms with Crippen molar-refractivity contribution in [2.75, 3.05) is 25.6 Å². The molecular formula is C33H48N7O8P. The number of nitrogen functional groups attached to an aromatic ring is 1. The van der Waals surface area contributed by atoms with Crippen molar-refractivity contribution >= 4 is 43.0 Å². The van der Waals surface area contributed by atoms with Crippen LogP contribution in [-0.4, -0.2) is 63.4 Å². The molecule has 0 bridgehead atoms. The van der Waals surface area contributed by atoms with Gasteiger partial charge in [0.1, 0.15) is 30.8 Å². The molecule has 0 radical (unpaired) electrons. The number of carbonyl (C=O) groups is 2. The van der Waals surface area contributed by atoms with E-state index in [9.17, 15) is 18.9 Å². The molecule has 16 heteroatoms. The van der Waals surface area contributed by atoms with Crippen molar-refractivity contribution in [3.05, 3.63) is 52.6 Å². The van der Waals surface area contributed by atoms with Crippen LogP contribution in [0.25, 0.3) is 17.4 Å². The van der Waals surface area contributed by atoms with Gasteiger partial charge in [-0.25, -0.2) is 9.55 Å². The second-order valence-electron chi connectivity index (χ2n) is 12.9. The predicted octanol–water partition coefficient (Wildman–Crippen LogP) is 4.40. The lowest BCUT2D eigenvalue weighted by molar-refractivity contribution is -0.148. The number of rotatable bonds is 19. The van der Waals surface area contributed by atoms with E-state index in [1.807, 2.05) is 0 Å². The number of anilines is 1. The van der Waals surface area contributed by atoms with E-state index in [1.165, 1.54) is 17.8 Å². The van der Waals surface area contributed by atoms with Crippen LogP contribution in [0.3, 0.4) is 0 Å². The molecule has 1 saturated carbocycles. The molecule has 3 aromatic rings. The van der Waals surface area contributed by atoms with Gasteiger partial charge in [0.2, 0.25) is 5.95 Å². The number of hydrogen-bond donors (Lipinski definition) is 4. The Labute approximate surface area is 285 Å². The summed E-state index contributed by atoms with van der Waals surface area (Å²) in [5.41, 5.74) is 11.4. The van der Waals surface area contributed by atoms with Gasteiger partial charge in [-0.1, -0.05) is 58.7 Å². The zero-order valence-corrected chi connectivity index (χ0v) is 29.6. The van der Waals surface area contributed by atoms with Gasteiger partial charge < -0.3 is 25.5 Å². The third kappa shape index (κ3) is 10.0. The van der Waals surface area contributed by atoms with Crippen LogP contribution in [0.1, 0.15) is 66.7 Å². The molecule has 0 saturated heterocycles. The summed E-state index contributed by atoms with van der Waals surface area (Å²) < 4.78 is 39.0. The Hall–Kier alpha value is -4.04. The lowest BCUT2D eigenvalue weighted by Gasteiger charge is -2.25.